The molecule has 2 N–H and O–H groups in total. The molecule has 2 heterocycles. The Morgan fingerprint density at radius 1 is 1.24 bits per heavy atom. The van der Waals surface area contributed by atoms with Crippen LogP contribution in [0.4, 0.5) is 5.82 Å². The number of fused-ring (bicyclic) bond motifs is 2. The second kappa shape index (κ2) is 5.77. The fourth-order valence-corrected chi connectivity index (χ4v) is 2.34. The molecule has 1 aliphatic heterocycles. The lowest BCUT2D eigenvalue weighted by molar-refractivity contribution is 0.172. The van der Waals surface area contributed by atoms with Crippen LogP contribution >= 0.6 is 0 Å². The number of hydrogen-bond donors (Lipinski definition) is 2. The van der Waals surface area contributed by atoms with Gasteiger partial charge in [-0.25, -0.2) is 4.98 Å². The number of aromatic nitrogens is 1. The molecule has 5 nitrogen and oxygen atoms in total. The number of aliphatic hydroxyl groups is 1. The van der Waals surface area contributed by atoms with Crippen molar-refractivity contribution in [2.45, 2.75) is 19.9 Å². The van der Waals surface area contributed by atoms with Gasteiger partial charge in [0.25, 0.3) is 0 Å². The highest BCUT2D eigenvalue weighted by Crippen LogP contribution is 2.36. The first kappa shape index (κ1) is 13.9. The molecule has 1 aromatic heterocycles. The Hall–Kier alpha value is -2.01. The summed E-state index contributed by atoms with van der Waals surface area (Å²) in [4.78, 5) is 4.42. The number of hydrogen-bond acceptors (Lipinski definition) is 5. The van der Waals surface area contributed by atoms with E-state index in [1.54, 1.807) is 6.20 Å². The van der Waals surface area contributed by atoms with E-state index in [0.717, 1.165) is 28.1 Å². The summed E-state index contributed by atoms with van der Waals surface area (Å²) in [7, 11) is 0. The molecule has 0 spiro atoms. The molecular weight excluding hydrogens is 268 g/mol. The number of anilines is 1. The maximum atomic E-state index is 9.26. The van der Waals surface area contributed by atoms with E-state index in [2.05, 4.69) is 10.3 Å². The van der Waals surface area contributed by atoms with Gasteiger partial charge in [0.15, 0.2) is 11.5 Å². The molecule has 112 valence electrons. The number of ether oxygens (including phenoxy) is 2. The number of nitrogens with zero attached hydrogens (tertiary/aromatic N) is 1. The van der Waals surface area contributed by atoms with Crippen molar-refractivity contribution in [2.24, 2.45) is 5.92 Å². The SMILES string of the molecule is CC(CO)C(C)Nc1nccc2cc3c(cc12)OCCO3. The maximum absolute atomic E-state index is 9.26. The van der Waals surface area contributed by atoms with Crippen LogP contribution in [-0.4, -0.2) is 36.0 Å². The van der Waals surface area contributed by atoms with Gasteiger partial charge in [-0.2, -0.15) is 0 Å². The van der Waals surface area contributed by atoms with E-state index in [1.165, 1.54) is 0 Å². The first-order valence-corrected chi connectivity index (χ1v) is 7.25. The van der Waals surface area contributed by atoms with Crippen molar-refractivity contribution < 1.29 is 14.6 Å². The van der Waals surface area contributed by atoms with E-state index >= 15 is 0 Å². The van der Waals surface area contributed by atoms with Gasteiger partial charge in [0, 0.05) is 24.2 Å². The molecule has 0 saturated carbocycles. The average Bonchev–Trinajstić information content (AvgIpc) is 2.52. The Morgan fingerprint density at radius 2 is 1.95 bits per heavy atom. The number of nitrogens with one attached hydrogen (secondary N) is 1. The molecule has 1 aliphatic rings. The third kappa shape index (κ3) is 2.74. The first-order chi connectivity index (χ1) is 10.2. The fourth-order valence-electron chi connectivity index (χ4n) is 2.34. The summed E-state index contributed by atoms with van der Waals surface area (Å²) >= 11 is 0. The van der Waals surface area contributed by atoms with Gasteiger partial charge in [0.1, 0.15) is 19.0 Å². The van der Waals surface area contributed by atoms with E-state index in [4.69, 9.17) is 9.47 Å². The van der Waals surface area contributed by atoms with Crippen molar-refractivity contribution in [1.29, 1.82) is 0 Å². The summed E-state index contributed by atoms with van der Waals surface area (Å²) < 4.78 is 11.2. The summed E-state index contributed by atoms with van der Waals surface area (Å²) in [5.74, 6) is 2.49. The lowest BCUT2D eigenvalue weighted by atomic mass is 10.0. The standard InChI is InChI=1S/C16H20N2O3/c1-10(9-19)11(2)18-16-13-8-15-14(20-5-6-21-15)7-12(13)3-4-17-16/h3-4,7-8,10-11,19H,5-6,9H2,1-2H3,(H,17,18). The van der Waals surface area contributed by atoms with Crippen LogP contribution in [0.25, 0.3) is 10.8 Å². The quantitative estimate of drug-likeness (QED) is 0.904. The number of rotatable bonds is 4. The van der Waals surface area contributed by atoms with Gasteiger partial charge >= 0.3 is 0 Å². The van der Waals surface area contributed by atoms with Gasteiger partial charge in [-0.3, -0.25) is 0 Å². The summed E-state index contributed by atoms with van der Waals surface area (Å²) in [5.41, 5.74) is 0. The van der Waals surface area contributed by atoms with E-state index < -0.39 is 0 Å². The lowest BCUT2D eigenvalue weighted by Gasteiger charge is -2.22. The number of aliphatic hydroxyl groups excluding tert-OH is 1. The van der Waals surface area contributed by atoms with Gasteiger partial charge in [0.2, 0.25) is 0 Å². The van der Waals surface area contributed by atoms with Crippen LogP contribution in [0.15, 0.2) is 24.4 Å². The van der Waals surface area contributed by atoms with Gasteiger partial charge < -0.3 is 19.9 Å². The zero-order valence-electron chi connectivity index (χ0n) is 12.3. The molecule has 5 heteroatoms. The third-order valence-electron chi connectivity index (χ3n) is 3.93. The molecular formula is C16H20N2O3. The average molecular weight is 288 g/mol. The smallest absolute Gasteiger partial charge is 0.162 e. The van der Waals surface area contributed by atoms with Crippen LogP contribution in [0.1, 0.15) is 13.8 Å². The van der Waals surface area contributed by atoms with E-state index in [1.807, 2.05) is 32.0 Å². The van der Waals surface area contributed by atoms with E-state index in [0.29, 0.717) is 13.2 Å². The van der Waals surface area contributed by atoms with E-state index in [9.17, 15) is 5.11 Å². The Kier molecular flexibility index (Phi) is 3.84. The predicted molar refractivity (Wildman–Crippen MR) is 82.1 cm³/mol. The summed E-state index contributed by atoms with van der Waals surface area (Å²) in [5, 5.41) is 14.7. The minimum absolute atomic E-state index is 0.126. The monoisotopic (exact) mass is 288 g/mol. The van der Waals surface area contributed by atoms with Crippen LogP contribution in [0.3, 0.4) is 0 Å². The molecule has 2 unspecified atom stereocenters. The van der Waals surface area contributed by atoms with Crippen LogP contribution in [0.5, 0.6) is 11.5 Å². The Morgan fingerprint density at radius 3 is 2.67 bits per heavy atom. The summed E-state index contributed by atoms with van der Waals surface area (Å²) in [6, 6.07) is 6.03. The molecule has 1 aromatic carbocycles. The maximum Gasteiger partial charge on any atom is 0.162 e. The topological polar surface area (TPSA) is 63.6 Å². The molecule has 2 atom stereocenters. The molecule has 0 bridgehead atoms. The highest BCUT2D eigenvalue weighted by atomic mass is 16.6. The molecule has 3 rings (SSSR count). The van der Waals surface area contributed by atoms with Crippen LogP contribution in [-0.2, 0) is 0 Å². The Balaban J connectivity index is 1.99. The largest absolute Gasteiger partial charge is 0.486 e. The second-order valence-corrected chi connectivity index (χ2v) is 5.47. The van der Waals surface area contributed by atoms with Gasteiger partial charge in [-0.05, 0) is 36.4 Å². The van der Waals surface area contributed by atoms with Gasteiger partial charge in [-0.15, -0.1) is 0 Å². The van der Waals surface area contributed by atoms with Crippen molar-refractivity contribution in [2.75, 3.05) is 25.1 Å². The normalized spacial score (nSPS) is 16.5. The molecule has 0 amide bonds. The minimum Gasteiger partial charge on any atom is -0.486 e. The molecule has 0 saturated heterocycles. The van der Waals surface area contributed by atoms with Crippen LogP contribution in [0.2, 0.25) is 0 Å². The second-order valence-electron chi connectivity index (χ2n) is 5.47. The van der Waals surface area contributed by atoms with Crippen LogP contribution in [0, 0.1) is 5.92 Å². The molecule has 0 radical (unpaired) electrons. The number of benzene rings is 1. The zero-order chi connectivity index (χ0) is 14.8. The zero-order valence-corrected chi connectivity index (χ0v) is 12.3. The van der Waals surface area contributed by atoms with Crippen molar-refractivity contribution in [3.63, 3.8) is 0 Å². The Labute approximate surface area is 123 Å². The highest BCUT2D eigenvalue weighted by molar-refractivity contribution is 5.94. The van der Waals surface area contributed by atoms with E-state index in [-0.39, 0.29) is 18.6 Å². The Bertz CT molecular complexity index is 645. The minimum atomic E-state index is 0.126. The molecule has 21 heavy (non-hydrogen) atoms. The molecule has 2 aromatic rings. The predicted octanol–water partition coefficient (Wildman–Crippen LogP) is 2.43. The van der Waals surface area contributed by atoms with Crippen molar-refractivity contribution in [3.8, 4) is 11.5 Å². The fraction of sp³-hybridized carbons (Fsp3) is 0.438. The van der Waals surface area contributed by atoms with Gasteiger partial charge in [-0.1, -0.05) is 6.92 Å². The van der Waals surface area contributed by atoms with Crippen LogP contribution < -0.4 is 14.8 Å². The first-order valence-electron chi connectivity index (χ1n) is 7.25. The lowest BCUT2D eigenvalue weighted by Crippen LogP contribution is -2.26. The molecule has 0 fully saturated rings. The summed E-state index contributed by atoms with van der Waals surface area (Å²) in [6.45, 7) is 5.34. The van der Waals surface area contributed by atoms with Crippen molar-refractivity contribution in [1.82, 2.24) is 4.98 Å². The summed E-state index contributed by atoms with van der Waals surface area (Å²) in [6.07, 6.45) is 1.77. The third-order valence-corrected chi connectivity index (χ3v) is 3.93. The highest BCUT2D eigenvalue weighted by Gasteiger charge is 2.17. The van der Waals surface area contributed by atoms with Gasteiger partial charge in [0.05, 0.1) is 0 Å². The number of pyridine rings is 1. The van der Waals surface area contributed by atoms with Crippen molar-refractivity contribution in [3.05, 3.63) is 24.4 Å². The molecule has 0 aliphatic carbocycles. The van der Waals surface area contributed by atoms with Crippen molar-refractivity contribution >= 4 is 16.6 Å².